The molecular formula is C21H20ClN5O. The number of aromatic amines is 1. The summed E-state index contributed by atoms with van der Waals surface area (Å²) in [5.41, 5.74) is 5.08. The lowest BCUT2D eigenvalue weighted by atomic mass is 10.1. The number of H-pyrrole nitrogens is 1. The van der Waals surface area contributed by atoms with E-state index in [9.17, 15) is 0 Å². The monoisotopic (exact) mass is 393 g/mol. The largest absolute Gasteiger partial charge is 0.481 e. The second-order valence-corrected chi connectivity index (χ2v) is 6.93. The van der Waals surface area contributed by atoms with Gasteiger partial charge in [-0.1, -0.05) is 23.7 Å². The van der Waals surface area contributed by atoms with E-state index in [4.69, 9.17) is 16.3 Å². The Bertz CT molecular complexity index is 1120. The number of methoxy groups -OCH3 is 1. The molecule has 0 spiro atoms. The van der Waals surface area contributed by atoms with Gasteiger partial charge in [0, 0.05) is 42.5 Å². The minimum absolute atomic E-state index is 0.484. The van der Waals surface area contributed by atoms with Gasteiger partial charge in [0.1, 0.15) is 16.6 Å². The number of aryl methyl sites for hydroxylation is 1. The zero-order valence-corrected chi connectivity index (χ0v) is 16.4. The summed E-state index contributed by atoms with van der Waals surface area (Å²) in [5.74, 6) is 1.30. The highest BCUT2D eigenvalue weighted by atomic mass is 35.5. The number of nitrogens with zero attached hydrogens (tertiary/aromatic N) is 3. The highest BCUT2D eigenvalue weighted by Gasteiger charge is 2.10. The van der Waals surface area contributed by atoms with Crippen molar-refractivity contribution in [1.82, 2.24) is 19.9 Å². The molecule has 28 heavy (non-hydrogen) atoms. The van der Waals surface area contributed by atoms with Crippen molar-refractivity contribution in [3.63, 3.8) is 0 Å². The van der Waals surface area contributed by atoms with Gasteiger partial charge in [-0.15, -0.1) is 0 Å². The van der Waals surface area contributed by atoms with Gasteiger partial charge < -0.3 is 15.0 Å². The minimum Gasteiger partial charge on any atom is -0.481 e. The third-order valence-electron chi connectivity index (χ3n) is 4.56. The molecule has 142 valence electrons. The molecule has 0 atom stereocenters. The van der Waals surface area contributed by atoms with Crippen LogP contribution in [0.1, 0.15) is 22.3 Å². The van der Waals surface area contributed by atoms with Crippen molar-refractivity contribution >= 4 is 28.5 Å². The molecule has 0 fully saturated rings. The molecule has 0 amide bonds. The zero-order valence-electron chi connectivity index (χ0n) is 15.7. The Morgan fingerprint density at radius 2 is 2.04 bits per heavy atom. The normalized spacial score (nSPS) is 11.0. The lowest BCUT2D eigenvalue weighted by Crippen LogP contribution is -2.04. The summed E-state index contributed by atoms with van der Waals surface area (Å²) in [4.78, 5) is 16.3. The van der Waals surface area contributed by atoms with Crippen molar-refractivity contribution in [2.24, 2.45) is 0 Å². The van der Waals surface area contributed by atoms with E-state index in [1.165, 1.54) is 0 Å². The number of pyridine rings is 3. The van der Waals surface area contributed by atoms with Gasteiger partial charge in [0.05, 0.1) is 7.11 Å². The van der Waals surface area contributed by atoms with Gasteiger partial charge in [-0.2, -0.15) is 0 Å². The maximum Gasteiger partial charge on any atom is 0.218 e. The first-order valence-corrected chi connectivity index (χ1v) is 9.31. The second kappa shape index (κ2) is 7.86. The molecule has 7 heteroatoms. The molecule has 0 aliphatic rings. The van der Waals surface area contributed by atoms with E-state index in [0.29, 0.717) is 29.8 Å². The van der Waals surface area contributed by atoms with Crippen LogP contribution in [0.15, 0.2) is 48.9 Å². The quantitative estimate of drug-likeness (QED) is 0.471. The second-order valence-electron chi connectivity index (χ2n) is 6.57. The van der Waals surface area contributed by atoms with Crippen LogP contribution in [-0.4, -0.2) is 27.0 Å². The highest BCUT2D eigenvalue weighted by molar-refractivity contribution is 6.30. The Kier molecular flexibility index (Phi) is 5.12. The number of rotatable bonds is 6. The van der Waals surface area contributed by atoms with Gasteiger partial charge in [0.15, 0.2) is 0 Å². The molecule has 4 aromatic rings. The molecule has 4 heterocycles. The number of ether oxygens (including phenoxy) is 1. The van der Waals surface area contributed by atoms with E-state index < -0.39 is 0 Å². The Hall–Kier alpha value is -3.12. The van der Waals surface area contributed by atoms with Gasteiger partial charge in [-0.05, 0) is 41.8 Å². The Balaban J connectivity index is 1.50. The predicted octanol–water partition coefficient (Wildman–Crippen LogP) is 4.53. The Labute approximate surface area is 168 Å². The molecule has 4 rings (SSSR count). The Morgan fingerprint density at radius 3 is 2.86 bits per heavy atom. The van der Waals surface area contributed by atoms with Crippen LogP contribution in [0.2, 0.25) is 5.15 Å². The highest BCUT2D eigenvalue weighted by Crippen LogP contribution is 2.25. The molecule has 6 nitrogen and oxygen atoms in total. The summed E-state index contributed by atoms with van der Waals surface area (Å²) in [6, 6.07) is 9.90. The maximum absolute atomic E-state index is 6.46. The summed E-state index contributed by atoms with van der Waals surface area (Å²) in [5, 5.41) is 4.87. The van der Waals surface area contributed by atoms with E-state index in [-0.39, 0.29) is 0 Å². The SMILES string of the molecule is COc1ncccc1CNc1ccc(Cc2c[nH]c3ncc(C)cc23)c(Cl)n1. The summed E-state index contributed by atoms with van der Waals surface area (Å²) in [7, 11) is 1.61. The van der Waals surface area contributed by atoms with Crippen molar-refractivity contribution in [3.05, 3.63) is 76.3 Å². The number of fused-ring (bicyclic) bond motifs is 1. The van der Waals surface area contributed by atoms with Crippen molar-refractivity contribution in [3.8, 4) is 5.88 Å². The third-order valence-corrected chi connectivity index (χ3v) is 4.89. The average molecular weight is 394 g/mol. The van der Waals surface area contributed by atoms with Gasteiger partial charge in [-0.25, -0.2) is 15.0 Å². The van der Waals surface area contributed by atoms with Crippen molar-refractivity contribution in [1.29, 1.82) is 0 Å². The molecule has 2 N–H and O–H groups in total. The fourth-order valence-corrected chi connectivity index (χ4v) is 3.36. The summed E-state index contributed by atoms with van der Waals surface area (Å²) in [6.07, 6.45) is 6.23. The van der Waals surface area contributed by atoms with E-state index >= 15 is 0 Å². The lowest BCUT2D eigenvalue weighted by molar-refractivity contribution is 0.393. The Morgan fingerprint density at radius 1 is 1.14 bits per heavy atom. The molecule has 0 aliphatic heterocycles. The fraction of sp³-hybridized carbons (Fsp3) is 0.190. The third kappa shape index (κ3) is 3.77. The van der Waals surface area contributed by atoms with Crippen LogP contribution in [0.25, 0.3) is 11.0 Å². The average Bonchev–Trinajstić information content (AvgIpc) is 3.10. The fourth-order valence-electron chi connectivity index (χ4n) is 3.14. The molecule has 0 radical (unpaired) electrons. The standard InChI is InChI=1S/C21H20ClN5O/c1-13-8-17-16(12-26-20(17)25-10-13)9-14-5-6-18(27-19(14)22)24-11-15-4-3-7-23-21(15)28-2/h3-8,10,12H,9,11H2,1-2H3,(H,24,27)(H,25,26). The molecule has 0 unspecified atom stereocenters. The maximum atomic E-state index is 6.46. The van der Waals surface area contributed by atoms with E-state index in [1.807, 2.05) is 43.6 Å². The minimum atomic E-state index is 0.484. The summed E-state index contributed by atoms with van der Waals surface area (Å²) < 4.78 is 5.27. The van der Waals surface area contributed by atoms with Crippen molar-refractivity contribution < 1.29 is 4.74 Å². The van der Waals surface area contributed by atoms with Crippen molar-refractivity contribution in [2.75, 3.05) is 12.4 Å². The van der Waals surface area contributed by atoms with Gasteiger partial charge in [0.2, 0.25) is 5.88 Å². The first-order chi connectivity index (χ1) is 13.6. The first kappa shape index (κ1) is 18.3. The van der Waals surface area contributed by atoms with Gasteiger partial charge in [-0.3, -0.25) is 0 Å². The number of halogens is 1. The van der Waals surface area contributed by atoms with Gasteiger partial charge in [0.25, 0.3) is 0 Å². The van der Waals surface area contributed by atoms with Crippen LogP contribution >= 0.6 is 11.6 Å². The summed E-state index contributed by atoms with van der Waals surface area (Å²) >= 11 is 6.46. The van der Waals surface area contributed by atoms with Crippen LogP contribution in [0.3, 0.4) is 0 Å². The molecular weight excluding hydrogens is 374 g/mol. The number of hydrogen-bond acceptors (Lipinski definition) is 5. The topological polar surface area (TPSA) is 75.7 Å². The molecule has 0 aromatic carbocycles. The molecule has 0 saturated heterocycles. The number of hydrogen-bond donors (Lipinski definition) is 2. The van der Waals surface area contributed by atoms with Crippen molar-refractivity contribution in [2.45, 2.75) is 19.9 Å². The first-order valence-electron chi connectivity index (χ1n) is 8.94. The number of aromatic nitrogens is 4. The van der Waals surface area contributed by atoms with Crippen LogP contribution in [0.4, 0.5) is 5.82 Å². The predicted molar refractivity (Wildman–Crippen MR) is 111 cm³/mol. The number of nitrogens with one attached hydrogen (secondary N) is 2. The molecule has 4 aromatic heterocycles. The molecule has 0 aliphatic carbocycles. The molecule has 0 saturated carbocycles. The van der Waals surface area contributed by atoms with E-state index in [0.717, 1.165) is 33.3 Å². The van der Waals surface area contributed by atoms with Crippen LogP contribution in [-0.2, 0) is 13.0 Å². The van der Waals surface area contributed by atoms with Crippen LogP contribution in [0, 0.1) is 6.92 Å². The van der Waals surface area contributed by atoms with Crippen LogP contribution < -0.4 is 10.1 Å². The van der Waals surface area contributed by atoms with Crippen LogP contribution in [0.5, 0.6) is 5.88 Å². The van der Waals surface area contributed by atoms with E-state index in [1.54, 1.807) is 13.3 Å². The van der Waals surface area contributed by atoms with E-state index in [2.05, 4.69) is 31.3 Å². The summed E-state index contributed by atoms with van der Waals surface area (Å²) in [6.45, 7) is 2.59. The smallest absolute Gasteiger partial charge is 0.218 e. The molecule has 0 bridgehead atoms. The number of anilines is 1. The lowest BCUT2D eigenvalue weighted by Gasteiger charge is -2.10. The van der Waals surface area contributed by atoms with Gasteiger partial charge >= 0.3 is 0 Å². The zero-order chi connectivity index (χ0) is 19.5.